The van der Waals surface area contributed by atoms with Crippen molar-refractivity contribution < 1.29 is 9.18 Å². The summed E-state index contributed by atoms with van der Waals surface area (Å²) >= 11 is 0. The average Bonchev–Trinajstić information content (AvgIpc) is 3.09. The zero-order valence-electron chi connectivity index (χ0n) is 15.7. The van der Waals surface area contributed by atoms with Crippen LogP contribution in [0, 0.1) is 29.0 Å². The molecule has 1 aromatic rings. The summed E-state index contributed by atoms with van der Waals surface area (Å²) in [5.74, 6) is 2.18. The van der Waals surface area contributed by atoms with Gasteiger partial charge in [-0.3, -0.25) is 9.79 Å². The maximum absolute atomic E-state index is 13.1. The number of nitrogens with zero attached hydrogens (tertiary/aromatic N) is 1. The maximum Gasteiger partial charge on any atom is 0.162 e. The van der Waals surface area contributed by atoms with Crippen molar-refractivity contribution in [2.45, 2.75) is 57.9 Å². The van der Waals surface area contributed by atoms with E-state index in [9.17, 15) is 9.18 Å². The largest absolute Gasteiger partial charge is 0.294 e. The lowest BCUT2D eigenvalue weighted by molar-refractivity contribution is -0.110. The van der Waals surface area contributed by atoms with Gasteiger partial charge in [-0.1, -0.05) is 19.9 Å². The predicted octanol–water partition coefficient (Wildman–Crippen LogP) is 5.63. The van der Waals surface area contributed by atoms with Crippen molar-refractivity contribution in [1.29, 1.82) is 0 Å². The van der Waals surface area contributed by atoms with Crippen molar-refractivity contribution >= 4 is 12.0 Å². The van der Waals surface area contributed by atoms with E-state index in [2.05, 4.69) is 19.9 Å². The van der Waals surface area contributed by atoms with E-state index in [0.29, 0.717) is 23.3 Å². The van der Waals surface area contributed by atoms with Gasteiger partial charge in [-0.15, -0.1) is 0 Å². The SMILES string of the molecule is CC1(C)C2CCC(CC3(CCC(=O)c4ccc(F)cc4)C=CC=N3)C1C2. The normalized spacial score (nSPS) is 33.9. The van der Waals surface area contributed by atoms with Crippen molar-refractivity contribution in [3.8, 4) is 0 Å². The molecule has 2 nitrogen and oxygen atoms in total. The molecule has 3 fully saturated rings. The van der Waals surface area contributed by atoms with Gasteiger partial charge in [0.15, 0.2) is 5.78 Å². The monoisotopic (exact) mass is 353 g/mol. The number of benzene rings is 1. The molecule has 4 atom stereocenters. The number of halogens is 1. The Morgan fingerprint density at radius 2 is 2.00 bits per heavy atom. The lowest BCUT2D eigenvalue weighted by Gasteiger charge is -2.61. The topological polar surface area (TPSA) is 29.4 Å². The van der Waals surface area contributed by atoms with Gasteiger partial charge in [0.25, 0.3) is 0 Å². The summed E-state index contributed by atoms with van der Waals surface area (Å²) in [6, 6.07) is 5.87. The molecule has 5 rings (SSSR count). The molecule has 0 radical (unpaired) electrons. The zero-order chi connectivity index (χ0) is 18.4. The fourth-order valence-corrected chi connectivity index (χ4v) is 5.60. The van der Waals surface area contributed by atoms with Gasteiger partial charge in [0.1, 0.15) is 5.82 Å². The molecule has 1 aromatic carbocycles. The summed E-state index contributed by atoms with van der Waals surface area (Å²) in [6.45, 7) is 4.85. The summed E-state index contributed by atoms with van der Waals surface area (Å²) in [6.07, 6.45) is 12.4. The Labute approximate surface area is 155 Å². The van der Waals surface area contributed by atoms with Crippen LogP contribution in [0.3, 0.4) is 0 Å². The molecule has 138 valence electrons. The van der Waals surface area contributed by atoms with E-state index in [1.165, 1.54) is 31.4 Å². The minimum atomic E-state index is -0.305. The van der Waals surface area contributed by atoms with Crippen LogP contribution in [0.4, 0.5) is 4.39 Å². The van der Waals surface area contributed by atoms with Crippen LogP contribution >= 0.6 is 0 Å². The summed E-state index contributed by atoms with van der Waals surface area (Å²) in [7, 11) is 0. The molecule has 0 aromatic heterocycles. The summed E-state index contributed by atoms with van der Waals surface area (Å²) in [5, 5.41) is 0. The molecule has 1 aliphatic heterocycles. The summed E-state index contributed by atoms with van der Waals surface area (Å²) in [4.78, 5) is 17.3. The number of ketones is 1. The van der Waals surface area contributed by atoms with Crippen molar-refractivity contribution in [1.82, 2.24) is 0 Å². The van der Waals surface area contributed by atoms with Crippen molar-refractivity contribution in [3.05, 3.63) is 47.8 Å². The Bertz CT molecular complexity index is 732. The molecule has 1 heterocycles. The van der Waals surface area contributed by atoms with Gasteiger partial charge in [0.05, 0.1) is 5.54 Å². The fourth-order valence-electron chi connectivity index (χ4n) is 5.60. The van der Waals surface area contributed by atoms with Gasteiger partial charge in [0, 0.05) is 18.2 Å². The molecule has 4 aliphatic rings. The minimum Gasteiger partial charge on any atom is -0.294 e. The van der Waals surface area contributed by atoms with Crippen LogP contribution in [0.1, 0.15) is 62.7 Å². The molecule has 3 heteroatoms. The van der Waals surface area contributed by atoms with Crippen LogP contribution in [0.5, 0.6) is 0 Å². The minimum absolute atomic E-state index is 0.0764. The number of allylic oxidation sites excluding steroid dienone is 1. The van der Waals surface area contributed by atoms with Gasteiger partial charge in [-0.25, -0.2) is 4.39 Å². The number of aliphatic imine (C=N–C) groups is 1. The molecule has 0 saturated heterocycles. The molecule has 0 spiro atoms. The van der Waals surface area contributed by atoms with E-state index in [1.807, 2.05) is 12.3 Å². The highest BCUT2D eigenvalue weighted by Gasteiger charge is 2.55. The van der Waals surface area contributed by atoms with Crippen LogP contribution in [-0.4, -0.2) is 17.5 Å². The second-order valence-electron chi connectivity index (χ2n) is 9.07. The lowest BCUT2D eigenvalue weighted by atomic mass is 9.44. The van der Waals surface area contributed by atoms with E-state index >= 15 is 0 Å². The summed E-state index contributed by atoms with van der Waals surface area (Å²) in [5.41, 5.74) is 0.840. The highest BCUT2D eigenvalue weighted by atomic mass is 19.1. The van der Waals surface area contributed by atoms with Crippen LogP contribution in [0.2, 0.25) is 0 Å². The van der Waals surface area contributed by atoms with Crippen molar-refractivity contribution in [2.24, 2.45) is 28.2 Å². The molecule has 3 saturated carbocycles. The van der Waals surface area contributed by atoms with Gasteiger partial charge < -0.3 is 0 Å². The second-order valence-corrected chi connectivity index (χ2v) is 9.07. The molecule has 0 N–H and O–H groups in total. The highest BCUT2D eigenvalue weighted by molar-refractivity contribution is 5.96. The van der Waals surface area contributed by atoms with Gasteiger partial charge in [-0.05, 0) is 85.6 Å². The van der Waals surface area contributed by atoms with E-state index in [0.717, 1.165) is 24.7 Å². The first-order valence-corrected chi connectivity index (χ1v) is 9.91. The molecule has 26 heavy (non-hydrogen) atoms. The second kappa shape index (κ2) is 6.44. The van der Waals surface area contributed by atoms with Crippen molar-refractivity contribution in [2.75, 3.05) is 0 Å². The first kappa shape index (κ1) is 17.6. The number of carbonyl (C=O) groups excluding carboxylic acids is 1. The maximum atomic E-state index is 13.1. The number of fused-ring (bicyclic) bond motifs is 2. The zero-order valence-corrected chi connectivity index (χ0v) is 15.7. The van der Waals surface area contributed by atoms with Gasteiger partial charge in [0.2, 0.25) is 0 Å². The Morgan fingerprint density at radius 1 is 1.23 bits per heavy atom. The quantitative estimate of drug-likeness (QED) is 0.609. The standard InChI is InChI=1S/C23H28FNO/c1-22(2)18-7-4-17(20(22)14-18)15-23(11-3-13-25-23)12-10-21(26)16-5-8-19(24)9-6-16/h3,5-6,8-9,11,13,17-18,20H,4,7,10,12,14-15H2,1-2H3. The van der Waals surface area contributed by atoms with Crippen molar-refractivity contribution in [3.63, 3.8) is 0 Å². The van der Waals surface area contributed by atoms with Gasteiger partial charge >= 0.3 is 0 Å². The Balaban J connectivity index is 1.42. The molecule has 0 amide bonds. The van der Waals surface area contributed by atoms with Crippen LogP contribution < -0.4 is 0 Å². The van der Waals surface area contributed by atoms with Crippen LogP contribution in [-0.2, 0) is 0 Å². The van der Waals surface area contributed by atoms with E-state index < -0.39 is 0 Å². The number of hydrogen-bond donors (Lipinski definition) is 0. The molecular formula is C23H28FNO. The van der Waals surface area contributed by atoms with E-state index in [4.69, 9.17) is 4.99 Å². The third kappa shape index (κ3) is 3.06. The molecule has 2 bridgehead atoms. The average molecular weight is 353 g/mol. The highest BCUT2D eigenvalue weighted by Crippen LogP contribution is 2.62. The predicted molar refractivity (Wildman–Crippen MR) is 103 cm³/mol. The number of Topliss-reactive ketones (excluding diaryl/α,β-unsaturated/α-hetero) is 1. The number of carbonyl (C=O) groups is 1. The van der Waals surface area contributed by atoms with E-state index in [-0.39, 0.29) is 17.1 Å². The first-order valence-electron chi connectivity index (χ1n) is 9.91. The summed E-state index contributed by atoms with van der Waals surface area (Å²) < 4.78 is 13.1. The van der Waals surface area contributed by atoms with Gasteiger partial charge in [-0.2, -0.15) is 0 Å². The third-order valence-electron chi connectivity index (χ3n) is 7.39. The Kier molecular flexibility index (Phi) is 4.37. The molecule has 4 unspecified atom stereocenters. The molecule has 3 aliphatic carbocycles. The van der Waals surface area contributed by atoms with E-state index in [1.54, 1.807) is 12.1 Å². The van der Waals surface area contributed by atoms with Crippen LogP contribution in [0.15, 0.2) is 41.4 Å². The van der Waals surface area contributed by atoms with Crippen LogP contribution in [0.25, 0.3) is 0 Å². The Hall–Kier alpha value is -1.77. The lowest BCUT2D eigenvalue weighted by Crippen LogP contribution is -2.53. The fraction of sp³-hybridized carbons (Fsp3) is 0.565. The number of hydrogen-bond acceptors (Lipinski definition) is 2. The first-order chi connectivity index (χ1) is 12.4. The molecular weight excluding hydrogens is 325 g/mol. The number of rotatable bonds is 6. The Morgan fingerprint density at radius 3 is 2.62 bits per heavy atom. The smallest absolute Gasteiger partial charge is 0.162 e. The third-order valence-corrected chi connectivity index (χ3v) is 7.39.